The van der Waals surface area contributed by atoms with Crippen LogP contribution in [-0.4, -0.2) is 14.1 Å². The summed E-state index contributed by atoms with van der Waals surface area (Å²) in [5.74, 6) is -0.149. The molecule has 0 spiro atoms. The van der Waals surface area contributed by atoms with Crippen molar-refractivity contribution in [1.29, 1.82) is 0 Å². The maximum Gasteiger partial charge on any atom is 0.128 e. The average molecular weight is 272 g/mol. The lowest BCUT2D eigenvalue weighted by atomic mass is 10.1. The fourth-order valence-corrected chi connectivity index (χ4v) is 2.28. The second kappa shape index (κ2) is 6.53. The minimum absolute atomic E-state index is 0.149. The fraction of sp³-hybridized carbons (Fsp3) is 0.294. The predicted octanol–water partition coefficient (Wildman–Crippen LogP) is 3.49. The highest BCUT2D eigenvalue weighted by Gasteiger charge is 2.08. The summed E-state index contributed by atoms with van der Waals surface area (Å²) in [7, 11) is 3.88. The molecule has 2 rings (SSSR count). The molecule has 106 valence electrons. The van der Waals surface area contributed by atoms with Gasteiger partial charge in [-0.05, 0) is 49.4 Å². The molecule has 0 aliphatic heterocycles. The van der Waals surface area contributed by atoms with Crippen LogP contribution in [0.25, 0.3) is 0 Å². The molecule has 0 amide bonds. The van der Waals surface area contributed by atoms with Crippen molar-refractivity contribution in [3.63, 3.8) is 0 Å². The third-order valence-corrected chi connectivity index (χ3v) is 3.34. The van der Waals surface area contributed by atoms with E-state index in [1.54, 1.807) is 6.07 Å². The topological polar surface area (TPSA) is 15.3 Å². The number of nitrogens with one attached hydrogen (secondary N) is 1. The average Bonchev–Trinajstić information content (AvgIpc) is 2.43. The zero-order valence-corrected chi connectivity index (χ0v) is 12.3. The Balaban J connectivity index is 2.18. The molecule has 0 heterocycles. The highest BCUT2D eigenvalue weighted by molar-refractivity contribution is 5.48. The highest BCUT2D eigenvalue weighted by Crippen LogP contribution is 2.19. The van der Waals surface area contributed by atoms with E-state index in [-0.39, 0.29) is 5.82 Å². The van der Waals surface area contributed by atoms with Crippen LogP contribution in [0.15, 0.2) is 42.5 Å². The van der Waals surface area contributed by atoms with Crippen LogP contribution >= 0.6 is 0 Å². The van der Waals surface area contributed by atoms with Crippen molar-refractivity contribution in [2.75, 3.05) is 19.0 Å². The highest BCUT2D eigenvalue weighted by atomic mass is 19.1. The fourth-order valence-electron chi connectivity index (χ4n) is 2.28. The molecule has 3 heteroatoms. The van der Waals surface area contributed by atoms with Gasteiger partial charge in [-0.2, -0.15) is 0 Å². The van der Waals surface area contributed by atoms with Gasteiger partial charge >= 0.3 is 0 Å². The Hall–Kier alpha value is -1.87. The molecule has 0 aliphatic rings. The summed E-state index contributed by atoms with van der Waals surface area (Å²) in [4.78, 5) is 2.06. The van der Waals surface area contributed by atoms with Gasteiger partial charge in [0.2, 0.25) is 0 Å². The van der Waals surface area contributed by atoms with Gasteiger partial charge < -0.3 is 10.2 Å². The first-order valence-electron chi connectivity index (χ1n) is 6.80. The Morgan fingerprint density at radius 2 is 1.95 bits per heavy atom. The van der Waals surface area contributed by atoms with E-state index in [4.69, 9.17) is 0 Å². The molecule has 2 nitrogen and oxygen atoms in total. The number of hydrogen-bond acceptors (Lipinski definition) is 2. The van der Waals surface area contributed by atoms with Crippen LogP contribution in [0.1, 0.15) is 16.7 Å². The number of nitrogens with zero attached hydrogens (tertiary/aromatic N) is 1. The lowest BCUT2D eigenvalue weighted by molar-refractivity contribution is 0.606. The predicted molar refractivity (Wildman–Crippen MR) is 82.4 cm³/mol. The number of hydrogen-bond donors (Lipinski definition) is 1. The van der Waals surface area contributed by atoms with Gasteiger partial charge in [-0.1, -0.05) is 18.2 Å². The molecule has 0 aromatic heterocycles. The lowest BCUT2D eigenvalue weighted by Crippen LogP contribution is -2.17. The second-order valence-electron chi connectivity index (χ2n) is 5.15. The number of anilines is 1. The van der Waals surface area contributed by atoms with Gasteiger partial charge in [-0.3, -0.25) is 0 Å². The third kappa shape index (κ3) is 3.58. The van der Waals surface area contributed by atoms with Crippen LogP contribution < -0.4 is 10.2 Å². The molecular formula is C17H21FN2. The van der Waals surface area contributed by atoms with Gasteiger partial charge in [-0.15, -0.1) is 0 Å². The van der Waals surface area contributed by atoms with Crippen LogP contribution in [0, 0.1) is 12.7 Å². The lowest BCUT2D eigenvalue weighted by Gasteiger charge is -2.20. The van der Waals surface area contributed by atoms with Crippen LogP contribution in [0.4, 0.5) is 10.1 Å². The van der Waals surface area contributed by atoms with E-state index in [0.29, 0.717) is 6.54 Å². The standard InChI is InChI=1S/C17H21FN2/c1-13-5-4-6-16(9-13)20(3)12-15-10-14(11-19-2)7-8-17(15)18/h4-10,19H,11-12H2,1-3H3. The van der Waals surface area contributed by atoms with Crippen LogP contribution in [-0.2, 0) is 13.1 Å². The molecule has 0 unspecified atom stereocenters. The van der Waals surface area contributed by atoms with Gasteiger partial charge in [0.25, 0.3) is 0 Å². The number of rotatable bonds is 5. The van der Waals surface area contributed by atoms with E-state index >= 15 is 0 Å². The largest absolute Gasteiger partial charge is 0.370 e. The maximum absolute atomic E-state index is 13.9. The first-order chi connectivity index (χ1) is 9.60. The van der Waals surface area contributed by atoms with Gasteiger partial charge in [0.05, 0.1) is 0 Å². The molecule has 0 saturated carbocycles. The molecule has 0 radical (unpaired) electrons. The Morgan fingerprint density at radius 1 is 1.15 bits per heavy atom. The summed E-state index contributed by atoms with van der Waals surface area (Å²) < 4.78 is 13.9. The smallest absolute Gasteiger partial charge is 0.128 e. The minimum Gasteiger partial charge on any atom is -0.370 e. The van der Waals surface area contributed by atoms with E-state index in [2.05, 4.69) is 29.3 Å². The quantitative estimate of drug-likeness (QED) is 0.896. The Labute approximate surface area is 120 Å². The molecular weight excluding hydrogens is 251 g/mol. The first-order valence-corrected chi connectivity index (χ1v) is 6.80. The van der Waals surface area contributed by atoms with E-state index in [9.17, 15) is 4.39 Å². The van der Waals surface area contributed by atoms with Gasteiger partial charge in [0, 0.05) is 31.4 Å². The van der Waals surface area contributed by atoms with E-state index in [1.807, 2.05) is 38.4 Å². The molecule has 1 N–H and O–H groups in total. The monoisotopic (exact) mass is 272 g/mol. The Morgan fingerprint density at radius 3 is 2.65 bits per heavy atom. The number of aryl methyl sites for hydroxylation is 1. The van der Waals surface area contributed by atoms with Crippen molar-refractivity contribution >= 4 is 5.69 Å². The zero-order valence-electron chi connectivity index (χ0n) is 12.3. The molecule has 0 bridgehead atoms. The number of halogens is 1. The molecule has 2 aromatic carbocycles. The van der Waals surface area contributed by atoms with Gasteiger partial charge in [-0.25, -0.2) is 4.39 Å². The second-order valence-corrected chi connectivity index (χ2v) is 5.15. The summed E-state index contributed by atoms with van der Waals surface area (Å²) in [5.41, 5.74) is 4.13. The third-order valence-electron chi connectivity index (χ3n) is 3.34. The molecule has 0 atom stereocenters. The molecule has 0 aliphatic carbocycles. The van der Waals surface area contributed by atoms with Crippen molar-refractivity contribution < 1.29 is 4.39 Å². The van der Waals surface area contributed by atoms with Crippen molar-refractivity contribution in [3.8, 4) is 0 Å². The summed E-state index contributed by atoms with van der Waals surface area (Å²) >= 11 is 0. The Bertz CT molecular complexity index is 581. The normalized spacial score (nSPS) is 10.6. The van der Waals surface area contributed by atoms with Crippen molar-refractivity contribution in [2.24, 2.45) is 0 Å². The van der Waals surface area contributed by atoms with Crippen molar-refractivity contribution in [3.05, 3.63) is 65.0 Å². The van der Waals surface area contributed by atoms with E-state index in [1.165, 1.54) is 5.56 Å². The minimum atomic E-state index is -0.149. The molecule has 0 saturated heterocycles. The molecule has 20 heavy (non-hydrogen) atoms. The van der Waals surface area contributed by atoms with Gasteiger partial charge in [0.1, 0.15) is 5.82 Å². The van der Waals surface area contributed by atoms with E-state index < -0.39 is 0 Å². The van der Waals surface area contributed by atoms with Crippen LogP contribution in [0.5, 0.6) is 0 Å². The summed E-state index contributed by atoms with van der Waals surface area (Å²) in [5, 5.41) is 3.09. The Kier molecular flexibility index (Phi) is 4.74. The van der Waals surface area contributed by atoms with Crippen LogP contribution in [0.2, 0.25) is 0 Å². The summed E-state index contributed by atoms with van der Waals surface area (Å²) in [6.07, 6.45) is 0. The SMILES string of the molecule is CNCc1ccc(F)c(CN(C)c2cccc(C)c2)c1. The molecule has 2 aromatic rings. The van der Waals surface area contributed by atoms with Crippen molar-refractivity contribution in [2.45, 2.75) is 20.0 Å². The summed E-state index contributed by atoms with van der Waals surface area (Å²) in [6.45, 7) is 3.37. The van der Waals surface area contributed by atoms with Crippen molar-refractivity contribution in [1.82, 2.24) is 5.32 Å². The van der Waals surface area contributed by atoms with Crippen LogP contribution in [0.3, 0.4) is 0 Å². The van der Waals surface area contributed by atoms with Gasteiger partial charge in [0.15, 0.2) is 0 Å². The zero-order chi connectivity index (χ0) is 14.5. The number of benzene rings is 2. The summed E-state index contributed by atoms with van der Waals surface area (Å²) in [6, 6.07) is 13.5. The maximum atomic E-state index is 13.9. The van der Waals surface area contributed by atoms with E-state index in [0.717, 1.165) is 23.4 Å². The first kappa shape index (κ1) is 14.5. The molecule has 0 fully saturated rings.